The van der Waals surface area contributed by atoms with Crippen molar-refractivity contribution in [1.29, 1.82) is 0 Å². The second kappa shape index (κ2) is 64.1. The Hall–Kier alpha value is -8.10. The molecule has 0 aromatic heterocycles. The topological polar surface area (TPSA) is 245 Å². The van der Waals surface area contributed by atoms with Crippen LogP contribution in [0, 0.1) is 11.8 Å². The van der Waals surface area contributed by atoms with Crippen LogP contribution in [0.4, 0.5) is 0 Å². The van der Waals surface area contributed by atoms with E-state index < -0.39 is 85.3 Å². The molecule has 4 heterocycles. The first-order valence-electron chi connectivity index (χ1n) is 39.0. The lowest BCUT2D eigenvalue weighted by Crippen LogP contribution is -2.61. The number of hydrogen-bond acceptors (Lipinski definition) is 16. The molecule has 4 fully saturated rings. The fourth-order valence-corrected chi connectivity index (χ4v) is 11.1. The van der Waals surface area contributed by atoms with Crippen molar-refractivity contribution < 1.29 is 77.6 Å². The summed E-state index contributed by atoms with van der Waals surface area (Å²) in [6.45, 7) is 49.5. The molecule has 10 rings (SSSR count). The van der Waals surface area contributed by atoms with Gasteiger partial charge in [-0.3, -0.25) is 28.8 Å². The number of esters is 4. The molecule has 4 unspecified atom stereocenters. The van der Waals surface area contributed by atoms with Gasteiger partial charge in [0.2, 0.25) is 24.2 Å². The fraction of sp³-hybridized carbons (Fsp3) is 0.523. The standard InChI is InChI=1S/2C23H21NO.C15H22O9.C7H14O5.10C2H6/c2*25-23-21(16-18-10-4-1-5-11-18)22(20-14-8-3-9-15-20)24(23)17-19-12-6-2-7-13-19;1-6-11-12(20-7(2)16)13(21-8(3)17)14(22-9(4)18)15(24-11)23-10(5)19;1-2-3-4(8)5(9)6(10)7(11)12-3;10*1-2/h2*1-15,21-22H,16-17H2;11-15H,6H2,1-5H3;3-11H,2H2,1H3;10*1-2H3/t;;11-,12-,13+,14-,15-;3-,4-,5+,6-,7-;;;;;;;;;;/m..00........../s1. The summed E-state index contributed by atoms with van der Waals surface area (Å²) in [7, 11) is 0. The van der Waals surface area contributed by atoms with Crippen molar-refractivity contribution in [3.8, 4) is 0 Å². The van der Waals surface area contributed by atoms with E-state index >= 15 is 0 Å². The second-order valence-corrected chi connectivity index (χ2v) is 21.4. The number of rotatable bonds is 16. The second-order valence-electron chi connectivity index (χ2n) is 21.4. The van der Waals surface area contributed by atoms with Gasteiger partial charge in [-0.2, -0.15) is 0 Å². The van der Waals surface area contributed by atoms with Crippen LogP contribution in [-0.4, -0.2) is 127 Å². The summed E-state index contributed by atoms with van der Waals surface area (Å²) < 4.78 is 31.0. The third kappa shape index (κ3) is 35.5. The number of β-lactam (4-membered cyclic amide) rings is 2. The van der Waals surface area contributed by atoms with Gasteiger partial charge in [-0.15, -0.1) is 0 Å². The van der Waals surface area contributed by atoms with E-state index in [9.17, 15) is 39.0 Å². The normalized spacial score (nSPS) is 22.0. The van der Waals surface area contributed by atoms with E-state index in [2.05, 4.69) is 97.1 Å². The SMILES string of the molecule is CC.CC.CC.CC.CC.CC.CC.CC.CC.CC.CC[C@@H]1O[C@H](O)[C@@H](O)[C@H](O)[C@H]1O.CC[C@@H]1O[C@H](OC(C)=O)[C@@H](OC(C)=O)[C@H](OC(C)=O)[C@H]1OC(C)=O.O=C1C(Cc2ccccc2)C(c2ccccc2)N1Cc1ccccc1.O=C1C(Cc2ccccc2)C(c2ccccc2)N1Cc1ccccc1. The van der Waals surface area contributed by atoms with Crippen LogP contribution in [0.1, 0.15) is 238 Å². The van der Waals surface area contributed by atoms with Crippen molar-refractivity contribution in [3.63, 3.8) is 0 Å². The Labute approximate surface area is 639 Å². The van der Waals surface area contributed by atoms with E-state index in [0.717, 1.165) is 33.6 Å². The van der Waals surface area contributed by atoms with E-state index in [1.807, 2.05) is 233 Å². The minimum atomic E-state index is -1.43. The summed E-state index contributed by atoms with van der Waals surface area (Å²) in [5, 5.41) is 36.5. The molecule has 2 amide bonds. The van der Waals surface area contributed by atoms with Gasteiger partial charge >= 0.3 is 23.9 Å². The van der Waals surface area contributed by atoms with Crippen LogP contribution in [-0.2, 0) is 83.1 Å². The number of amides is 2. The van der Waals surface area contributed by atoms with Gasteiger partial charge in [0.25, 0.3) is 0 Å². The Bertz CT molecular complexity index is 2840. The fourth-order valence-electron chi connectivity index (χ4n) is 11.1. The van der Waals surface area contributed by atoms with Gasteiger partial charge in [-0.25, -0.2) is 0 Å². The number of carbonyl (C=O) groups excluding carboxylic acids is 6. The molecule has 106 heavy (non-hydrogen) atoms. The van der Waals surface area contributed by atoms with Crippen molar-refractivity contribution in [2.45, 2.75) is 292 Å². The van der Waals surface area contributed by atoms with Gasteiger partial charge in [0.05, 0.1) is 30.0 Å². The molecule has 4 aliphatic rings. The average molecular weight is 1480 g/mol. The van der Waals surface area contributed by atoms with Crippen LogP contribution in [0.15, 0.2) is 182 Å². The van der Waals surface area contributed by atoms with Gasteiger partial charge in [0.1, 0.15) is 24.4 Å². The predicted molar refractivity (Wildman–Crippen MR) is 430 cm³/mol. The van der Waals surface area contributed by atoms with E-state index in [1.54, 1.807) is 13.8 Å². The molecule has 14 atom stereocenters. The van der Waals surface area contributed by atoms with Crippen LogP contribution in [0.2, 0.25) is 0 Å². The highest BCUT2D eigenvalue weighted by atomic mass is 16.7. The lowest BCUT2D eigenvalue weighted by Gasteiger charge is -2.48. The number of ether oxygens (including phenoxy) is 6. The third-order valence-corrected chi connectivity index (χ3v) is 15.2. The number of nitrogens with zero attached hydrogens (tertiary/aromatic N) is 2. The molecule has 4 N–H and O–H groups in total. The maximum atomic E-state index is 12.9. The van der Waals surface area contributed by atoms with Crippen molar-refractivity contribution in [2.24, 2.45) is 11.8 Å². The largest absolute Gasteiger partial charge is 0.456 e. The molecule has 6 aromatic carbocycles. The number of likely N-dealkylation sites (tertiary alicyclic amines) is 2. The average Bonchev–Trinajstić information content (AvgIpc) is 0.756. The van der Waals surface area contributed by atoms with Crippen LogP contribution >= 0.6 is 0 Å². The van der Waals surface area contributed by atoms with Gasteiger partial charge in [0.15, 0.2) is 18.5 Å². The lowest BCUT2D eigenvalue weighted by molar-refractivity contribution is -0.296. The van der Waals surface area contributed by atoms with E-state index in [1.165, 1.54) is 40.3 Å². The summed E-state index contributed by atoms with van der Waals surface area (Å²) in [6, 6.07) is 62.2. The molecular formula is C88H138N2O16. The summed E-state index contributed by atoms with van der Waals surface area (Å²) in [4.78, 5) is 75.3. The lowest BCUT2D eigenvalue weighted by atomic mass is 9.78. The number of aliphatic hydroxyl groups is 4. The summed E-state index contributed by atoms with van der Waals surface area (Å²) >= 11 is 0. The molecule has 18 nitrogen and oxygen atoms in total. The molecule has 0 saturated carbocycles. The Morgan fingerprint density at radius 1 is 0.340 bits per heavy atom. The zero-order chi connectivity index (χ0) is 81.9. The van der Waals surface area contributed by atoms with Crippen LogP contribution < -0.4 is 0 Å². The highest BCUT2D eigenvalue weighted by Crippen LogP contribution is 2.44. The smallest absolute Gasteiger partial charge is 0.305 e. The quantitative estimate of drug-likeness (QED) is 0.0400. The molecule has 0 radical (unpaired) electrons. The monoisotopic (exact) mass is 1480 g/mol. The molecular weight excluding hydrogens is 1340 g/mol. The molecule has 596 valence electrons. The molecule has 0 spiro atoms. The van der Waals surface area contributed by atoms with E-state index in [-0.39, 0.29) is 35.7 Å². The van der Waals surface area contributed by atoms with Crippen molar-refractivity contribution in [2.75, 3.05) is 0 Å². The highest BCUT2D eigenvalue weighted by Gasteiger charge is 2.53. The summed E-state index contributed by atoms with van der Waals surface area (Å²) in [5.41, 5.74) is 7.24. The zero-order valence-electron chi connectivity index (χ0n) is 69.2. The number of hydrogen-bond donors (Lipinski definition) is 4. The first kappa shape index (κ1) is 104. The predicted octanol–water partition coefficient (Wildman–Crippen LogP) is 18.2. The molecule has 4 aliphatic heterocycles. The molecule has 0 aliphatic carbocycles. The minimum Gasteiger partial charge on any atom is -0.456 e. The summed E-state index contributed by atoms with van der Waals surface area (Å²) in [5.74, 6) is -2.11. The molecule has 4 saturated heterocycles. The summed E-state index contributed by atoms with van der Waals surface area (Å²) in [6.07, 6.45) is -8.91. The Kier molecular flexibility index (Phi) is 63.1. The Morgan fingerprint density at radius 3 is 0.906 bits per heavy atom. The third-order valence-electron chi connectivity index (χ3n) is 15.2. The highest BCUT2D eigenvalue weighted by molar-refractivity contribution is 5.87. The molecule has 0 bridgehead atoms. The van der Waals surface area contributed by atoms with Gasteiger partial charge < -0.3 is 58.6 Å². The van der Waals surface area contributed by atoms with E-state index in [4.69, 9.17) is 38.6 Å². The van der Waals surface area contributed by atoms with Crippen molar-refractivity contribution in [3.05, 3.63) is 215 Å². The van der Waals surface area contributed by atoms with Gasteiger partial charge in [-0.1, -0.05) is 334 Å². The van der Waals surface area contributed by atoms with Crippen LogP contribution in [0.3, 0.4) is 0 Å². The van der Waals surface area contributed by atoms with Crippen LogP contribution in [0.25, 0.3) is 0 Å². The number of benzene rings is 6. The zero-order valence-corrected chi connectivity index (χ0v) is 69.2. The van der Waals surface area contributed by atoms with Gasteiger partial charge in [-0.05, 0) is 59.1 Å². The first-order valence-corrected chi connectivity index (χ1v) is 39.0. The molecule has 6 aromatic rings. The van der Waals surface area contributed by atoms with Crippen molar-refractivity contribution in [1.82, 2.24) is 9.80 Å². The van der Waals surface area contributed by atoms with Crippen LogP contribution in [0.5, 0.6) is 0 Å². The number of aliphatic hydroxyl groups excluding tert-OH is 4. The van der Waals surface area contributed by atoms with E-state index in [0.29, 0.717) is 25.9 Å². The Balaban J connectivity index is -0.000000616. The maximum absolute atomic E-state index is 12.9. The van der Waals surface area contributed by atoms with Gasteiger partial charge in [0, 0.05) is 40.8 Å². The Morgan fingerprint density at radius 2 is 0.613 bits per heavy atom. The minimum absolute atomic E-state index is 0.0218. The number of carbonyl (C=O) groups is 6. The maximum Gasteiger partial charge on any atom is 0.305 e. The first-order chi connectivity index (χ1) is 51.4. The molecule has 18 heteroatoms. The van der Waals surface area contributed by atoms with Crippen molar-refractivity contribution >= 4 is 35.7 Å².